The zero-order valence-corrected chi connectivity index (χ0v) is 11.8. The second kappa shape index (κ2) is 4.19. The normalized spacial score (nSPS) is 19.1. The Labute approximate surface area is 123 Å². The van der Waals surface area contributed by atoms with Gasteiger partial charge in [0.1, 0.15) is 0 Å². The van der Waals surface area contributed by atoms with Gasteiger partial charge in [-0.2, -0.15) is 0 Å². The lowest BCUT2D eigenvalue weighted by molar-refractivity contribution is 0.113. The monoisotopic (exact) mass is 272 g/mol. The Bertz CT molecular complexity index is 932. The Morgan fingerprint density at radius 1 is 0.762 bits per heavy atom. The minimum Gasteiger partial charge on any atom is -0.374 e. The summed E-state index contributed by atoms with van der Waals surface area (Å²) in [4.78, 5) is 0. The van der Waals surface area contributed by atoms with Gasteiger partial charge in [0.2, 0.25) is 0 Å². The SMILES string of the molecule is c1cc2ccc3ccc(C4CCCO4)c4ccc(c1)c2c34. The number of ether oxygens (including phenoxy) is 1. The van der Waals surface area contributed by atoms with Gasteiger partial charge in [0, 0.05) is 6.61 Å². The molecule has 1 aliphatic heterocycles. The fourth-order valence-electron chi connectivity index (χ4n) is 3.86. The molecule has 1 unspecified atom stereocenters. The van der Waals surface area contributed by atoms with Crippen LogP contribution in [0.2, 0.25) is 0 Å². The fraction of sp³-hybridized carbons (Fsp3) is 0.200. The molecule has 0 N–H and O–H groups in total. The van der Waals surface area contributed by atoms with Gasteiger partial charge in [-0.05, 0) is 50.7 Å². The van der Waals surface area contributed by atoms with E-state index in [-0.39, 0.29) is 6.10 Å². The number of rotatable bonds is 1. The first kappa shape index (κ1) is 11.5. The first-order valence-electron chi connectivity index (χ1n) is 7.70. The van der Waals surface area contributed by atoms with E-state index in [4.69, 9.17) is 4.74 Å². The largest absolute Gasteiger partial charge is 0.374 e. The van der Waals surface area contributed by atoms with Crippen molar-refractivity contribution in [1.29, 1.82) is 0 Å². The summed E-state index contributed by atoms with van der Waals surface area (Å²) < 4.78 is 5.93. The average Bonchev–Trinajstić information content (AvgIpc) is 3.07. The van der Waals surface area contributed by atoms with Crippen molar-refractivity contribution in [2.45, 2.75) is 18.9 Å². The van der Waals surface area contributed by atoms with Crippen LogP contribution in [0.15, 0.2) is 54.6 Å². The van der Waals surface area contributed by atoms with Crippen LogP contribution in [0, 0.1) is 0 Å². The third-order valence-electron chi connectivity index (χ3n) is 4.84. The maximum atomic E-state index is 5.93. The number of benzene rings is 4. The Morgan fingerprint density at radius 2 is 1.48 bits per heavy atom. The highest BCUT2D eigenvalue weighted by atomic mass is 16.5. The van der Waals surface area contributed by atoms with Gasteiger partial charge in [0.15, 0.2) is 0 Å². The van der Waals surface area contributed by atoms with Crippen LogP contribution >= 0.6 is 0 Å². The first-order chi connectivity index (χ1) is 10.4. The standard InChI is InChI=1S/C20H16O/c1-3-13-6-7-15-8-10-16(18-5-2-12-21-18)17-11-9-14(4-1)19(13)20(15)17/h1,3-4,6-11,18H,2,5,12H2. The minimum atomic E-state index is 0.273. The van der Waals surface area contributed by atoms with Gasteiger partial charge in [0.25, 0.3) is 0 Å². The van der Waals surface area contributed by atoms with E-state index >= 15 is 0 Å². The molecule has 4 aromatic carbocycles. The molecule has 4 aromatic rings. The van der Waals surface area contributed by atoms with Crippen LogP contribution < -0.4 is 0 Å². The molecule has 0 amide bonds. The highest BCUT2D eigenvalue weighted by Crippen LogP contribution is 2.40. The second-order valence-corrected chi connectivity index (χ2v) is 6.01. The average molecular weight is 272 g/mol. The molecular weight excluding hydrogens is 256 g/mol. The lowest BCUT2D eigenvalue weighted by Crippen LogP contribution is -1.97. The lowest BCUT2D eigenvalue weighted by Gasteiger charge is -2.17. The van der Waals surface area contributed by atoms with E-state index in [0.717, 1.165) is 13.0 Å². The Kier molecular flexibility index (Phi) is 2.30. The van der Waals surface area contributed by atoms with Crippen LogP contribution in [0.3, 0.4) is 0 Å². The Balaban J connectivity index is 1.96. The zero-order valence-electron chi connectivity index (χ0n) is 11.8. The molecule has 0 aliphatic carbocycles. The molecule has 0 saturated carbocycles. The van der Waals surface area contributed by atoms with Gasteiger partial charge in [-0.3, -0.25) is 0 Å². The summed E-state index contributed by atoms with van der Waals surface area (Å²) >= 11 is 0. The van der Waals surface area contributed by atoms with E-state index in [9.17, 15) is 0 Å². The summed E-state index contributed by atoms with van der Waals surface area (Å²) in [6.45, 7) is 0.895. The molecule has 1 heteroatoms. The van der Waals surface area contributed by atoms with Gasteiger partial charge in [-0.25, -0.2) is 0 Å². The van der Waals surface area contributed by atoms with Crippen molar-refractivity contribution in [2.24, 2.45) is 0 Å². The van der Waals surface area contributed by atoms with Crippen LogP contribution in [0.25, 0.3) is 32.3 Å². The highest BCUT2D eigenvalue weighted by Gasteiger charge is 2.21. The topological polar surface area (TPSA) is 9.23 Å². The quantitative estimate of drug-likeness (QED) is 0.419. The predicted octanol–water partition coefficient (Wildman–Crippen LogP) is 5.44. The molecule has 1 fully saturated rings. The van der Waals surface area contributed by atoms with Gasteiger partial charge < -0.3 is 4.74 Å². The van der Waals surface area contributed by atoms with Gasteiger partial charge in [-0.15, -0.1) is 0 Å². The van der Waals surface area contributed by atoms with Crippen molar-refractivity contribution in [1.82, 2.24) is 0 Å². The molecule has 0 aromatic heterocycles. The van der Waals surface area contributed by atoms with Crippen molar-refractivity contribution >= 4 is 32.3 Å². The molecular formula is C20H16O. The van der Waals surface area contributed by atoms with E-state index in [1.807, 2.05) is 0 Å². The zero-order chi connectivity index (χ0) is 13.8. The third kappa shape index (κ3) is 1.55. The predicted molar refractivity (Wildman–Crippen MR) is 88.1 cm³/mol. The Hall–Kier alpha value is -2.12. The summed E-state index contributed by atoms with van der Waals surface area (Å²) in [5.41, 5.74) is 1.36. The van der Waals surface area contributed by atoms with Crippen molar-refractivity contribution in [2.75, 3.05) is 6.61 Å². The summed E-state index contributed by atoms with van der Waals surface area (Å²) in [6, 6.07) is 20.1. The van der Waals surface area contributed by atoms with Crippen LogP contribution in [-0.4, -0.2) is 6.61 Å². The third-order valence-corrected chi connectivity index (χ3v) is 4.84. The first-order valence-corrected chi connectivity index (χ1v) is 7.70. The van der Waals surface area contributed by atoms with Crippen LogP contribution in [-0.2, 0) is 4.74 Å². The maximum Gasteiger partial charge on any atom is 0.0831 e. The molecule has 0 bridgehead atoms. The van der Waals surface area contributed by atoms with Crippen LogP contribution in [0.4, 0.5) is 0 Å². The summed E-state index contributed by atoms with van der Waals surface area (Å²) in [7, 11) is 0. The number of hydrogen-bond donors (Lipinski definition) is 0. The van der Waals surface area contributed by atoms with E-state index in [1.54, 1.807) is 0 Å². The van der Waals surface area contributed by atoms with E-state index in [0.29, 0.717) is 0 Å². The van der Waals surface area contributed by atoms with Crippen molar-refractivity contribution in [3.8, 4) is 0 Å². The van der Waals surface area contributed by atoms with Crippen molar-refractivity contribution in [3.63, 3.8) is 0 Å². The van der Waals surface area contributed by atoms with Crippen molar-refractivity contribution in [3.05, 3.63) is 60.2 Å². The van der Waals surface area contributed by atoms with Crippen LogP contribution in [0.1, 0.15) is 24.5 Å². The summed E-state index contributed by atoms with van der Waals surface area (Å²) in [6.07, 6.45) is 2.59. The molecule has 1 atom stereocenters. The molecule has 0 spiro atoms. The van der Waals surface area contributed by atoms with Gasteiger partial charge in [0.05, 0.1) is 6.10 Å². The molecule has 102 valence electrons. The van der Waals surface area contributed by atoms with E-state index in [1.165, 1.54) is 44.3 Å². The second-order valence-electron chi connectivity index (χ2n) is 6.01. The summed E-state index contributed by atoms with van der Waals surface area (Å²) in [5.74, 6) is 0. The van der Waals surface area contributed by atoms with Gasteiger partial charge >= 0.3 is 0 Å². The molecule has 5 rings (SSSR count). The van der Waals surface area contributed by atoms with Crippen molar-refractivity contribution < 1.29 is 4.74 Å². The van der Waals surface area contributed by atoms with Crippen LogP contribution in [0.5, 0.6) is 0 Å². The van der Waals surface area contributed by atoms with Gasteiger partial charge in [-0.1, -0.05) is 54.6 Å². The fourth-order valence-corrected chi connectivity index (χ4v) is 3.86. The lowest BCUT2D eigenvalue weighted by atomic mass is 9.90. The molecule has 1 heterocycles. The smallest absolute Gasteiger partial charge is 0.0831 e. The van der Waals surface area contributed by atoms with E-state index < -0.39 is 0 Å². The maximum absolute atomic E-state index is 5.93. The molecule has 0 radical (unpaired) electrons. The summed E-state index contributed by atoms with van der Waals surface area (Å²) in [5, 5.41) is 8.15. The molecule has 1 saturated heterocycles. The van der Waals surface area contributed by atoms with E-state index in [2.05, 4.69) is 54.6 Å². The molecule has 1 nitrogen and oxygen atoms in total. The molecule has 21 heavy (non-hydrogen) atoms. The number of hydrogen-bond acceptors (Lipinski definition) is 1. The minimum absolute atomic E-state index is 0.273. The Morgan fingerprint density at radius 3 is 2.24 bits per heavy atom. The highest BCUT2D eigenvalue weighted by molar-refractivity contribution is 6.23. The molecule has 1 aliphatic rings.